The second kappa shape index (κ2) is 13.5. The van der Waals surface area contributed by atoms with Gasteiger partial charge in [0.1, 0.15) is 5.75 Å². The molecule has 1 heterocycles. The number of hydrogen-bond donors (Lipinski definition) is 3. The second-order valence-corrected chi connectivity index (χ2v) is 9.53. The molecule has 0 aliphatic carbocycles. The van der Waals surface area contributed by atoms with Crippen LogP contribution < -0.4 is 0 Å². The zero-order valence-corrected chi connectivity index (χ0v) is 20.3. The van der Waals surface area contributed by atoms with Gasteiger partial charge in [-0.05, 0) is 107 Å². The average Bonchev–Trinajstić information content (AvgIpc) is 3.23. The summed E-state index contributed by atoms with van der Waals surface area (Å²) in [6.45, 7) is 7.84. The third kappa shape index (κ3) is 8.56. The molecule has 33 heavy (non-hydrogen) atoms. The number of phenolic OH excluding ortho intramolecular Hbond substituents is 3. The summed E-state index contributed by atoms with van der Waals surface area (Å²) in [5, 5.41) is 28.9. The van der Waals surface area contributed by atoms with Gasteiger partial charge in [-0.3, -0.25) is 0 Å². The van der Waals surface area contributed by atoms with E-state index >= 15 is 0 Å². The monoisotopic (exact) mass is 454 g/mol. The molecule has 5 heteroatoms. The van der Waals surface area contributed by atoms with Gasteiger partial charge in [-0.1, -0.05) is 38.0 Å². The van der Waals surface area contributed by atoms with E-state index in [2.05, 4.69) is 22.8 Å². The van der Waals surface area contributed by atoms with Crippen molar-refractivity contribution in [1.82, 2.24) is 9.80 Å². The minimum Gasteiger partial charge on any atom is -0.508 e. The molecule has 2 aromatic carbocycles. The number of aromatic hydroxyl groups is 3. The molecule has 0 spiro atoms. The Bertz CT molecular complexity index is 842. The van der Waals surface area contributed by atoms with Crippen molar-refractivity contribution in [2.75, 3.05) is 32.7 Å². The van der Waals surface area contributed by atoms with Gasteiger partial charge in [-0.25, -0.2) is 0 Å². The molecule has 1 aliphatic heterocycles. The molecule has 1 atom stereocenters. The van der Waals surface area contributed by atoms with Gasteiger partial charge in [0.25, 0.3) is 0 Å². The largest absolute Gasteiger partial charge is 0.508 e. The van der Waals surface area contributed by atoms with Crippen LogP contribution >= 0.6 is 0 Å². The van der Waals surface area contributed by atoms with Crippen LogP contribution in [0.15, 0.2) is 42.5 Å². The smallest absolute Gasteiger partial charge is 0.157 e. The minimum atomic E-state index is -0.0521. The molecule has 3 N–H and O–H groups in total. The summed E-state index contributed by atoms with van der Waals surface area (Å²) < 4.78 is 0. The highest BCUT2D eigenvalue weighted by molar-refractivity contribution is 5.40. The van der Waals surface area contributed by atoms with Crippen LogP contribution in [0, 0.1) is 0 Å². The number of likely N-dealkylation sites (tertiary alicyclic amines) is 1. The van der Waals surface area contributed by atoms with Gasteiger partial charge in [0.15, 0.2) is 11.5 Å². The number of hydrogen-bond acceptors (Lipinski definition) is 5. The number of rotatable bonds is 14. The van der Waals surface area contributed by atoms with Crippen LogP contribution in [-0.2, 0) is 12.8 Å². The molecule has 1 fully saturated rings. The van der Waals surface area contributed by atoms with Crippen molar-refractivity contribution in [2.24, 2.45) is 0 Å². The predicted octanol–water partition coefficient (Wildman–Crippen LogP) is 5.33. The van der Waals surface area contributed by atoms with E-state index in [4.69, 9.17) is 0 Å². The first-order valence-electron chi connectivity index (χ1n) is 12.8. The van der Waals surface area contributed by atoms with Crippen LogP contribution in [-0.4, -0.2) is 63.9 Å². The second-order valence-electron chi connectivity index (χ2n) is 9.53. The van der Waals surface area contributed by atoms with E-state index in [0.29, 0.717) is 11.8 Å². The van der Waals surface area contributed by atoms with Crippen molar-refractivity contribution in [3.05, 3.63) is 53.6 Å². The van der Waals surface area contributed by atoms with Crippen LogP contribution in [0.4, 0.5) is 0 Å². The molecule has 1 aliphatic rings. The highest BCUT2D eigenvalue weighted by Crippen LogP contribution is 2.25. The highest BCUT2D eigenvalue weighted by atomic mass is 16.3. The molecule has 0 radical (unpaired) electrons. The standard InChI is InChI=1S/C28H42N2O3/c1-2-15-29(19-14-23-12-13-27(32)28(33)22-23)16-5-3-4-6-17-30-18-8-10-25(30)20-24-9-7-11-26(31)21-24/h7,9,11-13,21-22,25,31-33H,2-6,8,10,14-20H2,1H3. The van der Waals surface area contributed by atoms with Gasteiger partial charge in [-0.15, -0.1) is 0 Å². The van der Waals surface area contributed by atoms with Gasteiger partial charge >= 0.3 is 0 Å². The lowest BCUT2D eigenvalue weighted by Crippen LogP contribution is -2.32. The molecule has 3 rings (SSSR count). The van der Waals surface area contributed by atoms with E-state index in [1.165, 1.54) is 57.2 Å². The molecule has 0 amide bonds. The lowest BCUT2D eigenvalue weighted by atomic mass is 10.0. The average molecular weight is 455 g/mol. The van der Waals surface area contributed by atoms with Crippen LogP contribution in [0.5, 0.6) is 17.2 Å². The third-order valence-electron chi connectivity index (χ3n) is 6.85. The maximum absolute atomic E-state index is 9.73. The first-order chi connectivity index (χ1) is 16.0. The fourth-order valence-electron chi connectivity index (χ4n) is 5.04. The maximum Gasteiger partial charge on any atom is 0.157 e. The molecule has 1 saturated heterocycles. The fraction of sp³-hybridized carbons (Fsp3) is 0.571. The Labute approximate surface area is 199 Å². The summed E-state index contributed by atoms with van der Waals surface area (Å²) >= 11 is 0. The Kier molecular flexibility index (Phi) is 10.4. The zero-order valence-electron chi connectivity index (χ0n) is 20.3. The topological polar surface area (TPSA) is 67.2 Å². The van der Waals surface area contributed by atoms with Gasteiger partial charge in [0.05, 0.1) is 0 Å². The van der Waals surface area contributed by atoms with Crippen LogP contribution in [0.25, 0.3) is 0 Å². The first-order valence-corrected chi connectivity index (χ1v) is 12.8. The SMILES string of the molecule is CCCN(CCCCCCN1CCCC1Cc1cccc(O)c1)CCc1ccc(O)c(O)c1. The molecule has 0 bridgehead atoms. The summed E-state index contributed by atoms with van der Waals surface area (Å²) in [5.74, 6) is 0.288. The molecule has 2 aromatic rings. The number of nitrogens with zero attached hydrogens (tertiary/aromatic N) is 2. The Morgan fingerprint density at radius 1 is 0.879 bits per heavy atom. The lowest BCUT2D eigenvalue weighted by Gasteiger charge is -2.25. The summed E-state index contributed by atoms with van der Waals surface area (Å²) in [6, 6.07) is 13.5. The van der Waals surface area contributed by atoms with Crippen molar-refractivity contribution < 1.29 is 15.3 Å². The first kappa shape index (κ1) is 25.4. The lowest BCUT2D eigenvalue weighted by molar-refractivity contribution is 0.242. The summed E-state index contributed by atoms with van der Waals surface area (Å²) in [4.78, 5) is 5.18. The Morgan fingerprint density at radius 3 is 2.52 bits per heavy atom. The molecule has 0 saturated carbocycles. The number of phenols is 3. The van der Waals surface area contributed by atoms with Crippen LogP contribution in [0.3, 0.4) is 0 Å². The molecule has 5 nitrogen and oxygen atoms in total. The normalized spacial score (nSPS) is 16.6. The summed E-state index contributed by atoms with van der Waals surface area (Å²) in [7, 11) is 0. The minimum absolute atomic E-state index is 0.0308. The van der Waals surface area contributed by atoms with Crippen LogP contribution in [0.2, 0.25) is 0 Å². The third-order valence-corrected chi connectivity index (χ3v) is 6.85. The van der Waals surface area contributed by atoms with Gasteiger partial charge in [0.2, 0.25) is 0 Å². The van der Waals surface area contributed by atoms with Gasteiger partial charge in [-0.2, -0.15) is 0 Å². The van der Waals surface area contributed by atoms with E-state index < -0.39 is 0 Å². The predicted molar refractivity (Wildman–Crippen MR) is 135 cm³/mol. The van der Waals surface area contributed by atoms with E-state index in [1.807, 2.05) is 18.2 Å². The number of unbranched alkanes of at least 4 members (excludes halogenated alkanes) is 3. The van der Waals surface area contributed by atoms with Gasteiger partial charge in [0, 0.05) is 12.6 Å². The highest BCUT2D eigenvalue weighted by Gasteiger charge is 2.24. The Morgan fingerprint density at radius 2 is 1.73 bits per heavy atom. The molecule has 182 valence electrons. The van der Waals surface area contributed by atoms with E-state index in [0.717, 1.165) is 44.5 Å². The van der Waals surface area contributed by atoms with Crippen molar-refractivity contribution in [3.8, 4) is 17.2 Å². The summed E-state index contributed by atoms with van der Waals surface area (Å²) in [5.41, 5.74) is 2.31. The molecule has 1 unspecified atom stereocenters. The fourth-order valence-corrected chi connectivity index (χ4v) is 5.04. The molecular weight excluding hydrogens is 412 g/mol. The number of benzene rings is 2. The zero-order chi connectivity index (χ0) is 23.5. The maximum atomic E-state index is 9.73. The van der Waals surface area contributed by atoms with Crippen molar-refractivity contribution >= 4 is 0 Å². The van der Waals surface area contributed by atoms with E-state index in [9.17, 15) is 15.3 Å². The quantitative estimate of drug-likeness (QED) is 0.266. The van der Waals surface area contributed by atoms with E-state index in [-0.39, 0.29) is 11.5 Å². The Hall–Kier alpha value is -2.24. The summed E-state index contributed by atoms with van der Waals surface area (Å²) in [6.07, 6.45) is 10.7. The molecular formula is C28H42N2O3. The van der Waals surface area contributed by atoms with Crippen molar-refractivity contribution in [3.63, 3.8) is 0 Å². The Balaban J connectivity index is 1.31. The molecule has 0 aromatic heterocycles. The van der Waals surface area contributed by atoms with E-state index in [1.54, 1.807) is 18.2 Å². The van der Waals surface area contributed by atoms with Crippen molar-refractivity contribution in [2.45, 2.75) is 70.8 Å². The van der Waals surface area contributed by atoms with Crippen LogP contribution in [0.1, 0.15) is 63.0 Å². The van der Waals surface area contributed by atoms with Crippen molar-refractivity contribution in [1.29, 1.82) is 0 Å². The van der Waals surface area contributed by atoms with Gasteiger partial charge < -0.3 is 25.1 Å².